The molecule has 1 rings (SSSR count). The Labute approximate surface area is 87.4 Å². The molecular formula is C10H21NO2S. The number of hydrogen-bond donors (Lipinski definition) is 0. The average molecular weight is 219 g/mol. The average Bonchev–Trinajstić information content (AvgIpc) is 1.92. The largest absolute Gasteiger partial charge is 0.295 e. The normalized spacial score (nSPS) is 30.1. The summed E-state index contributed by atoms with van der Waals surface area (Å²) in [4.78, 5) is 2.35. The fourth-order valence-corrected chi connectivity index (χ4v) is 3.32. The standard InChI is InChI=1S/C10H21NO2S/c1-8-9(7-14(5,12)13)6-11(8)10(2,3)4/h8-9H,6-7H2,1-5H3. The van der Waals surface area contributed by atoms with Gasteiger partial charge in [-0.2, -0.15) is 0 Å². The van der Waals surface area contributed by atoms with E-state index in [0.717, 1.165) is 6.54 Å². The molecule has 14 heavy (non-hydrogen) atoms. The fraction of sp³-hybridized carbons (Fsp3) is 1.00. The van der Waals surface area contributed by atoms with Gasteiger partial charge in [0.05, 0.1) is 5.75 Å². The first-order valence-corrected chi connectivity index (χ1v) is 7.12. The summed E-state index contributed by atoms with van der Waals surface area (Å²) in [6, 6.07) is 0.393. The molecule has 4 heteroatoms. The summed E-state index contributed by atoms with van der Waals surface area (Å²) < 4.78 is 22.2. The van der Waals surface area contributed by atoms with E-state index in [-0.39, 0.29) is 5.54 Å². The number of likely N-dealkylation sites (tertiary alicyclic amines) is 1. The second-order valence-electron chi connectivity index (χ2n) is 5.42. The SMILES string of the molecule is CC1C(CS(C)(=O)=O)CN1C(C)(C)C. The van der Waals surface area contributed by atoms with Crippen molar-refractivity contribution < 1.29 is 8.42 Å². The fourth-order valence-electron chi connectivity index (χ4n) is 2.15. The highest BCUT2D eigenvalue weighted by Crippen LogP contribution is 2.32. The third kappa shape index (κ3) is 2.70. The van der Waals surface area contributed by atoms with Crippen LogP contribution in [0.2, 0.25) is 0 Å². The molecule has 0 amide bonds. The topological polar surface area (TPSA) is 37.4 Å². The molecule has 2 atom stereocenters. The molecule has 1 fully saturated rings. The minimum Gasteiger partial charge on any atom is -0.295 e. The van der Waals surface area contributed by atoms with Crippen molar-refractivity contribution in [3.63, 3.8) is 0 Å². The van der Waals surface area contributed by atoms with Crippen molar-refractivity contribution >= 4 is 9.84 Å². The Morgan fingerprint density at radius 1 is 1.36 bits per heavy atom. The lowest BCUT2D eigenvalue weighted by Crippen LogP contribution is -2.63. The van der Waals surface area contributed by atoms with E-state index >= 15 is 0 Å². The molecule has 0 aromatic carbocycles. The van der Waals surface area contributed by atoms with Crippen molar-refractivity contribution in [2.75, 3.05) is 18.6 Å². The highest BCUT2D eigenvalue weighted by atomic mass is 32.2. The van der Waals surface area contributed by atoms with Crippen LogP contribution < -0.4 is 0 Å². The van der Waals surface area contributed by atoms with Crippen LogP contribution in [0.4, 0.5) is 0 Å². The molecule has 3 nitrogen and oxygen atoms in total. The van der Waals surface area contributed by atoms with E-state index in [0.29, 0.717) is 17.7 Å². The smallest absolute Gasteiger partial charge is 0.147 e. The monoisotopic (exact) mass is 219 g/mol. The predicted molar refractivity (Wildman–Crippen MR) is 59.1 cm³/mol. The van der Waals surface area contributed by atoms with Crippen molar-refractivity contribution in [2.45, 2.75) is 39.3 Å². The number of nitrogens with zero attached hydrogens (tertiary/aromatic N) is 1. The Hall–Kier alpha value is -0.0900. The maximum atomic E-state index is 11.1. The molecule has 2 unspecified atom stereocenters. The van der Waals surface area contributed by atoms with Crippen LogP contribution in [0.1, 0.15) is 27.7 Å². The van der Waals surface area contributed by atoms with Gasteiger partial charge in [-0.15, -0.1) is 0 Å². The first kappa shape index (κ1) is 12.0. The van der Waals surface area contributed by atoms with Gasteiger partial charge in [0.2, 0.25) is 0 Å². The van der Waals surface area contributed by atoms with Crippen LogP contribution in [-0.4, -0.2) is 43.5 Å². The lowest BCUT2D eigenvalue weighted by Gasteiger charge is -2.53. The van der Waals surface area contributed by atoms with E-state index in [1.54, 1.807) is 0 Å². The lowest BCUT2D eigenvalue weighted by atomic mass is 9.86. The maximum Gasteiger partial charge on any atom is 0.147 e. The van der Waals surface area contributed by atoms with Crippen LogP contribution in [0, 0.1) is 5.92 Å². The highest BCUT2D eigenvalue weighted by molar-refractivity contribution is 7.90. The maximum absolute atomic E-state index is 11.1. The predicted octanol–water partition coefficient (Wildman–Crippen LogP) is 1.15. The van der Waals surface area contributed by atoms with Crippen molar-refractivity contribution in [3.05, 3.63) is 0 Å². The summed E-state index contributed by atoms with van der Waals surface area (Å²) >= 11 is 0. The van der Waals surface area contributed by atoms with Gasteiger partial charge in [-0.25, -0.2) is 8.42 Å². The third-order valence-corrected chi connectivity index (χ3v) is 4.02. The minimum atomic E-state index is -2.81. The Morgan fingerprint density at radius 2 is 1.86 bits per heavy atom. The van der Waals surface area contributed by atoms with Crippen molar-refractivity contribution in [1.29, 1.82) is 0 Å². The molecule has 0 bridgehead atoms. The first-order valence-electron chi connectivity index (χ1n) is 5.06. The van der Waals surface area contributed by atoms with Crippen LogP contribution >= 0.6 is 0 Å². The molecule has 0 aliphatic carbocycles. The van der Waals surface area contributed by atoms with Gasteiger partial charge < -0.3 is 0 Å². The van der Waals surface area contributed by atoms with E-state index in [1.165, 1.54) is 6.26 Å². The minimum absolute atomic E-state index is 0.160. The van der Waals surface area contributed by atoms with Crippen molar-refractivity contribution in [3.8, 4) is 0 Å². The second kappa shape index (κ2) is 3.49. The van der Waals surface area contributed by atoms with E-state index in [4.69, 9.17) is 0 Å². The molecule has 0 saturated carbocycles. The number of rotatable bonds is 2. The molecule has 0 aromatic heterocycles. The summed E-state index contributed by atoms with van der Waals surface area (Å²) in [7, 11) is -2.81. The summed E-state index contributed by atoms with van der Waals surface area (Å²) in [6.07, 6.45) is 1.32. The van der Waals surface area contributed by atoms with Crippen molar-refractivity contribution in [1.82, 2.24) is 4.90 Å². The third-order valence-electron chi connectivity index (χ3n) is 2.98. The summed E-state index contributed by atoms with van der Waals surface area (Å²) in [6.45, 7) is 9.53. The van der Waals surface area contributed by atoms with Gasteiger partial charge in [0.1, 0.15) is 9.84 Å². The van der Waals surface area contributed by atoms with Crippen LogP contribution in [0.15, 0.2) is 0 Å². The number of hydrogen-bond acceptors (Lipinski definition) is 3. The molecule has 0 N–H and O–H groups in total. The molecule has 1 aliphatic heterocycles. The van der Waals surface area contributed by atoms with E-state index in [2.05, 4.69) is 32.6 Å². The van der Waals surface area contributed by atoms with E-state index in [1.807, 2.05) is 0 Å². The molecule has 0 radical (unpaired) electrons. The Kier molecular flexibility index (Phi) is 2.99. The van der Waals surface area contributed by atoms with Crippen LogP contribution in [0.5, 0.6) is 0 Å². The molecule has 0 spiro atoms. The molecule has 1 saturated heterocycles. The highest BCUT2D eigenvalue weighted by Gasteiger charge is 2.42. The van der Waals surface area contributed by atoms with Gasteiger partial charge >= 0.3 is 0 Å². The van der Waals surface area contributed by atoms with Crippen LogP contribution in [-0.2, 0) is 9.84 Å². The molecule has 1 aliphatic rings. The summed E-state index contributed by atoms with van der Waals surface area (Å²) in [5.74, 6) is 0.657. The summed E-state index contributed by atoms with van der Waals surface area (Å²) in [5, 5.41) is 0. The van der Waals surface area contributed by atoms with Gasteiger partial charge in [0.15, 0.2) is 0 Å². The van der Waals surface area contributed by atoms with Gasteiger partial charge in [0, 0.05) is 30.3 Å². The Morgan fingerprint density at radius 3 is 2.14 bits per heavy atom. The molecule has 1 heterocycles. The Bertz CT molecular complexity index is 303. The quantitative estimate of drug-likeness (QED) is 0.699. The van der Waals surface area contributed by atoms with Gasteiger partial charge in [-0.05, 0) is 27.7 Å². The van der Waals surface area contributed by atoms with Crippen molar-refractivity contribution in [2.24, 2.45) is 5.92 Å². The first-order chi connectivity index (χ1) is 6.11. The van der Waals surface area contributed by atoms with E-state index in [9.17, 15) is 8.42 Å². The van der Waals surface area contributed by atoms with E-state index < -0.39 is 9.84 Å². The zero-order valence-corrected chi connectivity index (χ0v) is 10.6. The molecule has 84 valence electrons. The molecular weight excluding hydrogens is 198 g/mol. The second-order valence-corrected chi connectivity index (χ2v) is 7.60. The zero-order chi connectivity index (χ0) is 11.1. The van der Waals surface area contributed by atoms with Gasteiger partial charge in [-0.3, -0.25) is 4.90 Å². The van der Waals surface area contributed by atoms with Crippen LogP contribution in [0.25, 0.3) is 0 Å². The zero-order valence-electron chi connectivity index (χ0n) is 9.74. The molecule has 0 aromatic rings. The van der Waals surface area contributed by atoms with Gasteiger partial charge in [0.25, 0.3) is 0 Å². The Balaban J connectivity index is 2.53. The van der Waals surface area contributed by atoms with Gasteiger partial charge in [-0.1, -0.05) is 0 Å². The summed E-state index contributed by atoms with van der Waals surface area (Å²) in [5.41, 5.74) is 0.160. The van der Waals surface area contributed by atoms with Crippen LogP contribution in [0.3, 0.4) is 0 Å². The number of sulfone groups is 1. The lowest BCUT2D eigenvalue weighted by molar-refractivity contribution is -0.0349.